The highest BCUT2D eigenvalue weighted by Crippen LogP contribution is 2.31. The van der Waals surface area contributed by atoms with Crippen molar-refractivity contribution in [3.63, 3.8) is 0 Å². The summed E-state index contributed by atoms with van der Waals surface area (Å²) in [7, 11) is 0. The highest BCUT2D eigenvalue weighted by atomic mass is 14.9. The highest BCUT2D eigenvalue weighted by molar-refractivity contribution is 5.30. The molecule has 0 aliphatic heterocycles. The molecule has 0 spiro atoms. The van der Waals surface area contributed by atoms with E-state index < -0.39 is 0 Å². The van der Waals surface area contributed by atoms with Crippen molar-refractivity contribution in [2.45, 2.75) is 44.9 Å². The minimum Gasteiger partial charge on any atom is -0.345 e. The number of terminal acetylenes is 1. The second-order valence-electron chi connectivity index (χ2n) is 4.07. The summed E-state index contributed by atoms with van der Waals surface area (Å²) in [6, 6.07) is 0. The van der Waals surface area contributed by atoms with Gasteiger partial charge in [0.2, 0.25) is 0 Å². The lowest BCUT2D eigenvalue weighted by Gasteiger charge is -2.19. The fourth-order valence-electron chi connectivity index (χ4n) is 2.19. The predicted molar refractivity (Wildman–Crippen MR) is 57.1 cm³/mol. The molecule has 0 bridgehead atoms. The first kappa shape index (κ1) is 9.33. The van der Waals surface area contributed by atoms with Gasteiger partial charge in [-0.2, -0.15) is 0 Å². The molecule has 1 heterocycles. The highest BCUT2D eigenvalue weighted by Gasteiger charge is 2.19. The Hall–Kier alpha value is -1.23. The standard InChI is InChI=1S/C12H16N2/c1-3-11-9(2)13-12(14-11)10-7-5-4-6-8-10/h1,10H,4-8H2,2H3,(H,13,14). The van der Waals surface area contributed by atoms with Gasteiger partial charge >= 0.3 is 0 Å². The van der Waals surface area contributed by atoms with E-state index in [1.807, 2.05) is 6.92 Å². The van der Waals surface area contributed by atoms with E-state index >= 15 is 0 Å². The molecule has 1 aromatic rings. The number of hydrogen-bond donors (Lipinski definition) is 1. The van der Waals surface area contributed by atoms with Crippen LogP contribution in [0.5, 0.6) is 0 Å². The zero-order chi connectivity index (χ0) is 9.97. The molecule has 0 unspecified atom stereocenters. The smallest absolute Gasteiger partial charge is 0.134 e. The van der Waals surface area contributed by atoms with Gasteiger partial charge in [-0.05, 0) is 25.7 Å². The summed E-state index contributed by atoms with van der Waals surface area (Å²) >= 11 is 0. The first-order chi connectivity index (χ1) is 6.81. The second kappa shape index (κ2) is 3.88. The van der Waals surface area contributed by atoms with Crippen LogP contribution in [0.2, 0.25) is 0 Å². The maximum atomic E-state index is 5.36. The molecule has 0 aromatic carbocycles. The average molecular weight is 188 g/mol. The van der Waals surface area contributed by atoms with Crippen LogP contribution in [0.15, 0.2) is 0 Å². The molecular formula is C12H16N2. The monoisotopic (exact) mass is 188 g/mol. The molecule has 0 atom stereocenters. The molecule has 1 N–H and O–H groups in total. The Morgan fingerprint density at radius 1 is 1.36 bits per heavy atom. The van der Waals surface area contributed by atoms with Gasteiger partial charge in [-0.15, -0.1) is 6.42 Å². The largest absolute Gasteiger partial charge is 0.345 e. The summed E-state index contributed by atoms with van der Waals surface area (Å²) in [6.07, 6.45) is 11.9. The molecule has 2 nitrogen and oxygen atoms in total. The van der Waals surface area contributed by atoms with Crippen molar-refractivity contribution >= 4 is 0 Å². The van der Waals surface area contributed by atoms with Crippen LogP contribution in [-0.4, -0.2) is 9.97 Å². The number of imidazole rings is 1. The lowest BCUT2D eigenvalue weighted by molar-refractivity contribution is 0.430. The molecule has 0 radical (unpaired) electrons. The Balaban J connectivity index is 2.19. The number of aromatic amines is 1. The Kier molecular flexibility index (Phi) is 2.58. The predicted octanol–water partition coefficient (Wildman–Crippen LogP) is 2.75. The quantitative estimate of drug-likeness (QED) is 0.674. The average Bonchev–Trinajstić information content (AvgIpc) is 2.61. The van der Waals surface area contributed by atoms with Gasteiger partial charge in [0.25, 0.3) is 0 Å². The van der Waals surface area contributed by atoms with E-state index in [0.29, 0.717) is 5.92 Å². The zero-order valence-corrected chi connectivity index (χ0v) is 8.64. The fourth-order valence-corrected chi connectivity index (χ4v) is 2.19. The van der Waals surface area contributed by atoms with Gasteiger partial charge in [-0.25, -0.2) is 4.98 Å². The van der Waals surface area contributed by atoms with Crippen LogP contribution < -0.4 is 0 Å². The molecule has 1 fully saturated rings. The summed E-state index contributed by atoms with van der Waals surface area (Å²) in [5.41, 5.74) is 1.82. The molecule has 14 heavy (non-hydrogen) atoms. The first-order valence-electron chi connectivity index (χ1n) is 5.34. The third kappa shape index (κ3) is 1.68. The minimum absolute atomic E-state index is 0.615. The van der Waals surface area contributed by atoms with E-state index in [0.717, 1.165) is 17.2 Å². The summed E-state index contributed by atoms with van der Waals surface area (Å²) in [6.45, 7) is 1.99. The van der Waals surface area contributed by atoms with Crippen LogP contribution in [0.25, 0.3) is 0 Å². The number of hydrogen-bond acceptors (Lipinski definition) is 1. The van der Waals surface area contributed by atoms with E-state index in [2.05, 4.69) is 15.9 Å². The molecule has 0 amide bonds. The third-order valence-electron chi connectivity index (χ3n) is 3.03. The maximum Gasteiger partial charge on any atom is 0.134 e. The SMILES string of the molecule is C#Cc1nc(C2CCCCC2)[nH]c1C. The molecular weight excluding hydrogens is 172 g/mol. The van der Waals surface area contributed by atoms with Crippen LogP contribution in [0, 0.1) is 19.3 Å². The van der Waals surface area contributed by atoms with Crippen LogP contribution >= 0.6 is 0 Å². The number of aromatic nitrogens is 2. The van der Waals surface area contributed by atoms with E-state index in [1.165, 1.54) is 32.1 Å². The molecule has 1 aromatic heterocycles. The van der Waals surface area contributed by atoms with E-state index in [-0.39, 0.29) is 0 Å². The Morgan fingerprint density at radius 2 is 2.07 bits per heavy atom. The summed E-state index contributed by atoms with van der Waals surface area (Å²) in [5, 5.41) is 0. The van der Waals surface area contributed by atoms with Crippen molar-refractivity contribution in [1.82, 2.24) is 9.97 Å². The van der Waals surface area contributed by atoms with Crippen molar-refractivity contribution in [2.75, 3.05) is 0 Å². The van der Waals surface area contributed by atoms with Crippen molar-refractivity contribution in [3.05, 3.63) is 17.2 Å². The second-order valence-corrected chi connectivity index (χ2v) is 4.07. The molecule has 1 saturated carbocycles. The van der Waals surface area contributed by atoms with Crippen molar-refractivity contribution in [3.8, 4) is 12.3 Å². The van der Waals surface area contributed by atoms with Gasteiger partial charge in [0.05, 0.1) is 0 Å². The normalized spacial score (nSPS) is 18.0. The van der Waals surface area contributed by atoms with Gasteiger partial charge in [-0.3, -0.25) is 0 Å². The van der Waals surface area contributed by atoms with Crippen LogP contribution in [-0.2, 0) is 0 Å². The number of H-pyrrole nitrogens is 1. The first-order valence-corrected chi connectivity index (χ1v) is 5.34. The molecule has 1 aliphatic carbocycles. The van der Waals surface area contributed by atoms with E-state index in [1.54, 1.807) is 0 Å². The van der Waals surface area contributed by atoms with Gasteiger partial charge in [0.1, 0.15) is 11.5 Å². The summed E-state index contributed by atoms with van der Waals surface area (Å²) in [5.74, 6) is 4.33. The number of nitrogens with zero attached hydrogens (tertiary/aromatic N) is 1. The number of rotatable bonds is 1. The van der Waals surface area contributed by atoms with Crippen LogP contribution in [0.1, 0.15) is 55.2 Å². The summed E-state index contributed by atoms with van der Waals surface area (Å²) < 4.78 is 0. The van der Waals surface area contributed by atoms with Gasteiger partial charge in [0.15, 0.2) is 0 Å². The zero-order valence-electron chi connectivity index (χ0n) is 8.64. The van der Waals surface area contributed by atoms with Crippen molar-refractivity contribution in [2.24, 2.45) is 0 Å². The Labute approximate surface area is 85.1 Å². The number of nitrogens with one attached hydrogen (secondary N) is 1. The van der Waals surface area contributed by atoms with Crippen LogP contribution in [0.4, 0.5) is 0 Å². The summed E-state index contributed by atoms with van der Waals surface area (Å²) in [4.78, 5) is 7.77. The number of aryl methyl sites for hydroxylation is 1. The van der Waals surface area contributed by atoms with E-state index in [4.69, 9.17) is 6.42 Å². The van der Waals surface area contributed by atoms with Crippen molar-refractivity contribution in [1.29, 1.82) is 0 Å². The van der Waals surface area contributed by atoms with Gasteiger partial charge < -0.3 is 4.98 Å². The maximum absolute atomic E-state index is 5.36. The van der Waals surface area contributed by atoms with E-state index in [9.17, 15) is 0 Å². The van der Waals surface area contributed by atoms with Gasteiger partial charge in [0, 0.05) is 11.6 Å². The lowest BCUT2D eigenvalue weighted by Crippen LogP contribution is -2.06. The third-order valence-corrected chi connectivity index (χ3v) is 3.03. The molecule has 1 aliphatic rings. The Bertz CT molecular complexity index is 351. The minimum atomic E-state index is 0.615. The topological polar surface area (TPSA) is 28.7 Å². The van der Waals surface area contributed by atoms with Gasteiger partial charge in [-0.1, -0.05) is 19.3 Å². The fraction of sp³-hybridized carbons (Fsp3) is 0.583. The Morgan fingerprint density at radius 3 is 2.64 bits per heavy atom. The lowest BCUT2D eigenvalue weighted by atomic mass is 9.89. The molecule has 2 heteroatoms. The molecule has 74 valence electrons. The molecule has 2 rings (SSSR count). The van der Waals surface area contributed by atoms with Crippen LogP contribution in [0.3, 0.4) is 0 Å². The van der Waals surface area contributed by atoms with Crippen molar-refractivity contribution < 1.29 is 0 Å². The molecule has 0 saturated heterocycles.